The number of rotatable bonds is 41. The molecule has 0 aliphatic rings. The molecule has 0 heterocycles. The highest BCUT2D eigenvalue weighted by molar-refractivity contribution is 7.47. The number of hydrogen-bond donors (Lipinski definition) is 3. The molecule has 0 aromatic carbocycles. The van der Waals surface area contributed by atoms with Crippen LogP contribution in [0.25, 0.3) is 0 Å². The maximum absolute atomic E-state index is 12.6. The van der Waals surface area contributed by atoms with Crippen LogP contribution in [0.5, 0.6) is 0 Å². The third-order valence-corrected chi connectivity index (χ3v) is 10.4. The van der Waals surface area contributed by atoms with Crippen molar-refractivity contribution in [3.8, 4) is 0 Å². The summed E-state index contributed by atoms with van der Waals surface area (Å²) in [6.45, 7) is 2.78. The molecule has 4 N–H and O–H groups in total. The summed E-state index contributed by atoms with van der Waals surface area (Å²) in [7, 11) is -4.71. The van der Waals surface area contributed by atoms with E-state index in [1.807, 2.05) is 0 Å². The number of carbonyl (C=O) groups is 3. The fraction of sp³-hybridized carbons (Fsp3) is 0.837. The number of unbranched alkanes of at least 4 members (excludes halogenated alkanes) is 23. The number of phosphoric ester groups is 1. The van der Waals surface area contributed by atoms with Crippen LogP contribution in [0.4, 0.5) is 0 Å². The monoisotopic (exact) mass is 802 g/mol. The average Bonchev–Trinajstić information content (AvgIpc) is 3.16. The number of carboxylic acids is 1. The van der Waals surface area contributed by atoms with Gasteiger partial charge in [-0.3, -0.25) is 23.4 Å². The Balaban J connectivity index is 4.35. The lowest BCUT2D eigenvalue weighted by atomic mass is 10.1. The van der Waals surface area contributed by atoms with Gasteiger partial charge in [-0.05, 0) is 64.2 Å². The minimum Gasteiger partial charge on any atom is -0.480 e. The Kier molecular flexibility index (Phi) is 37.4. The van der Waals surface area contributed by atoms with Crippen molar-refractivity contribution in [1.82, 2.24) is 0 Å². The molecule has 0 amide bonds. The molecular formula is C43H80NO10P. The maximum Gasteiger partial charge on any atom is 0.472 e. The van der Waals surface area contributed by atoms with Crippen LogP contribution < -0.4 is 5.73 Å². The van der Waals surface area contributed by atoms with Crippen molar-refractivity contribution in [3.05, 3.63) is 24.3 Å². The molecule has 322 valence electrons. The van der Waals surface area contributed by atoms with Crippen LogP contribution in [0.3, 0.4) is 0 Å². The smallest absolute Gasteiger partial charge is 0.472 e. The Bertz CT molecular complexity index is 1040. The van der Waals surface area contributed by atoms with Gasteiger partial charge < -0.3 is 25.2 Å². The molecule has 0 saturated carbocycles. The van der Waals surface area contributed by atoms with Crippen molar-refractivity contribution in [2.45, 2.75) is 212 Å². The first-order valence-corrected chi connectivity index (χ1v) is 23.4. The van der Waals surface area contributed by atoms with Gasteiger partial charge >= 0.3 is 25.7 Å². The van der Waals surface area contributed by atoms with E-state index in [1.54, 1.807) is 0 Å². The second-order valence-corrected chi connectivity index (χ2v) is 16.3. The molecule has 0 rings (SSSR count). The minimum atomic E-state index is -4.71. The maximum atomic E-state index is 12.6. The summed E-state index contributed by atoms with van der Waals surface area (Å²) in [6.07, 6.45) is 39.5. The third-order valence-electron chi connectivity index (χ3n) is 9.42. The summed E-state index contributed by atoms with van der Waals surface area (Å²) in [4.78, 5) is 45.9. The van der Waals surface area contributed by atoms with Crippen LogP contribution in [0.2, 0.25) is 0 Å². The number of phosphoric acid groups is 1. The molecule has 12 heteroatoms. The zero-order valence-electron chi connectivity index (χ0n) is 34.8. The molecule has 11 nitrogen and oxygen atoms in total. The van der Waals surface area contributed by atoms with E-state index in [2.05, 4.69) is 42.7 Å². The Morgan fingerprint density at radius 1 is 0.545 bits per heavy atom. The van der Waals surface area contributed by atoms with Crippen LogP contribution in [0.1, 0.15) is 200 Å². The second kappa shape index (κ2) is 38.8. The summed E-state index contributed by atoms with van der Waals surface area (Å²) >= 11 is 0. The van der Waals surface area contributed by atoms with Crippen molar-refractivity contribution in [1.29, 1.82) is 0 Å². The van der Waals surface area contributed by atoms with Gasteiger partial charge in [-0.25, -0.2) is 4.57 Å². The lowest BCUT2D eigenvalue weighted by molar-refractivity contribution is -0.161. The fourth-order valence-corrected chi connectivity index (χ4v) is 6.71. The molecule has 0 aliphatic heterocycles. The van der Waals surface area contributed by atoms with E-state index in [-0.39, 0.29) is 19.4 Å². The normalized spacial score (nSPS) is 14.0. The molecule has 0 aromatic heterocycles. The van der Waals surface area contributed by atoms with E-state index in [0.29, 0.717) is 12.8 Å². The van der Waals surface area contributed by atoms with E-state index < -0.39 is 51.1 Å². The van der Waals surface area contributed by atoms with Gasteiger partial charge in [-0.1, -0.05) is 147 Å². The van der Waals surface area contributed by atoms with Crippen molar-refractivity contribution in [3.63, 3.8) is 0 Å². The van der Waals surface area contributed by atoms with Crippen LogP contribution in [-0.4, -0.2) is 59.9 Å². The molecule has 0 bridgehead atoms. The number of esters is 2. The quantitative estimate of drug-likeness (QED) is 0.0232. The summed E-state index contributed by atoms with van der Waals surface area (Å²) in [5, 5.41) is 8.88. The van der Waals surface area contributed by atoms with Gasteiger partial charge in [-0.15, -0.1) is 0 Å². The van der Waals surface area contributed by atoms with Crippen LogP contribution in [0.15, 0.2) is 24.3 Å². The molecule has 0 radical (unpaired) electrons. The van der Waals surface area contributed by atoms with E-state index in [4.69, 9.17) is 24.8 Å². The average molecular weight is 802 g/mol. The van der Waals surface area contributed by atoms with Gasteiger partial charge in [0.05, 0.1) is 13.2 Å². The van der Waals surface area contributed by atoms with Gasteiger partial charge in [0.2, 0.25) is 0 Å². The first-order chi connectivity index (χ1) is 26.6. The van der Waals surface area contributed by atoms with Crippen molar-refractivity contribution >= 4 is 25.7 Å². The fourth-order valence-electron chi connectivity index (χ4n) is 5.94. The van der Waals surface area contributed by atoms with Gasteiger partial charge in [0.1, 0.15) is 12.6 Å². The van der Waals surface area contributed by atoms with E-state index in [0.717, 1.165) is 64.2 Å². The molecule has 3 atom stereocenters. The SMILES string of the molecule is CCCCCC/C=C\CCCCCCCC(=O)OCC(COP(=O)(O)OCC(N)C(=O)O)OC(=O)CCCCCCCCC/C=C\CCCCCCCCC. The number of carbonyl (C=O) groups excluding carboxylic acids is 2. The predicted octanol–water partition coefficient (Wildman–Crippen LogP) is 11.5. The Labute approximate surface area is 334 Å². The topological polar surface area (TPSA) is 172 Å². The Hall–Kier alpha value is -2.04. The van der Waals surface area contributed by atoms with Gasteiger partial charge in [0.25, 0.3) is 0 Å². The number of allylic oxidation sites excluding steroid dienone is 4. The highest BCUT2D eigenvalue weighted by Crippen LogP contribution is 2.43. The van der Waals surface area contributed by atoms with Gasteiger partial charge in [0, 0.05) is 12.8 Å². The highest BCUT2D eigenvalue weighted by Gasteiger charge is 2.28. The lowest BCUT2D eigenvalue weighted by Crippen LogP contribution is -2.34. The van der Waals surface area contributed by atoms with Crippen molar-refractivity contribution < 1.29 is 47.5 Å². The molecule has 3 unspecified atom stereocenters. The first-order valence-electron chi connectivity index (χ1n) is 21.9. The molecule has 0 fully saturated rings. The zero-order chi connectivity index (χ0) is 40.7. The second-order valence-electron chi connectivity index (χ2n) is 14.8. The van der Waals surface area contributed by atoms with Gasteiger partial charge in [0.15, 0.2) is 6.10 Å². The molecule has 0 saturated heterocycles. The summed E-state index contributed by atoms with van der Waals surface area (Å²) in [6, 6.07) is -1.52. The molecule has 0 aromatic rings. The largest absolute Gasteiger partial charge is 0.480 e. The molecule has 55 heavy (non-hydrogen) atoms. The number of nitrogens with two attached hydrogens (primary N) is 1. The number of ether oxygens (including phenoxy) is 2. The first kappa shape index (κ1) is 53.0. The standard InChI is InChI=1S/C43H80NO10P/c1-3-5-7-9-11-13-15-17-18-19-20-21-23-25-27-29-31-33-35-42(46)54-39(37-52-55(49,50)53-38-40(44)43(47)48)36-51-41(45)34-32-30-28-26-24-22-16-14-12-10-8-6-4-2/h14,16,18-19,39-40H,3-13,15,17,20-38,44H2,1-2H3,(H,47,48)(H,49,50)/b16-14-,19-18-. The summed E-state index contributed by atoms with van der Waals surface area (Å²) in [5.74, 6) is -2.39. The van der Waals surface area contributed by atoms with E-state index in [1.165, 1.54) is 96.3 Å². The van der Waals surface area contributed by atoms with Crippen LogP contribution in [0, 0.1) is 0 Å². The summed E-state index contributed by atoms with van der Waals surface area (Å²) < 4.78 is 32.7. The summed E-state index contributed by atoms with van der Waals surface area (Å²) in [5.41, 5.74) is 5.33. The van der Waals surface area contributed by atoms with Crippen molar-refractivity contribution in [2.75, 3.05) is 19.8 Å². The number of carboxylic acid groups (broad SMARTS) is 1. The predicted molar refractivity (Wildman–Crippen MR) is 222 cm³/mol. The van der Waals surface area contributed by atoms with Crippen molar-refractivity contribution in [2.24, 2.45) is 5.73 Å². The van der Waals surface area contributed by atoms with E-state index in [9.17, 15) is 23.8 Å². The van der Waals surface area contributed by atoms with Crippen LogP contribution >= 0.6 is 7.82 Å². The molecule has 0 spiro atoms. The van der Waals surface area contributed by atoms with Gasteiger partial charge in [-0.2, -0.15) is 0 Å². The highest BCUT2D eigenvalue weighted by atomic mass is 31.2. The molecular weight excluding hydrogens is 721 g/mol. The third kappa shape index (κ3) is 38.6. The Morgan fingerprint density at radius 3 is 1.35 bits per heavy atom. The Morgan fingerprint density at radius 2 is 0.909 bits per heavy atom. The number of hydrogen-bond acceptors (Lipinski definition) is 9. The van der Waals surface area contributed by atoms with Crippen LogP contribution in [-0.2, 0) is 37.5 Å². The molecule has 0 aliphatic carbocycles. The zero-order valence-corrected chi connectivity index (χ0v) is 35.7. The van der Waals surface area contributed by atoms with E-state index >= 15 is 0 Å². The number of aliphatic carboxylic acids is 1. The minimum absolute atomic E-state index is 0.156. The lowest BCUT2D eigenvalue weighted by Gasteiger charge is -2.20.